The molecule has 0 saturated carbocycles. The van der Waals surface area contributed by atoms with Gasteiger partial charge in [-0.25, -0.2) is 9.59 Å². The molecule has 0 spiro atoms. The Hall–Kier alpha value is -2.61. The number of likely N-dealkylation sites (tertiary alicyclic amines) is 1. The Bertz CT molecular complexity index is 878. The Morgan fingerprint density at radius 1 is 1.28 bits per heavy atom. The van der Waals surface area contributed by atoms with Gasteiger partial charge >= 0.3 is 12.1 Å². The van der Waals surface area contributed by atoms with Gasteiger partial charge in [-0.15, -0.1) is 0 Å². The van der Waals surface area contributed by atoms with E-state index in [4.69, 9.17) is 13.9 Å². The summed E-state index contributed by atoms with van der Waals surface area (Å²) in [6.07, 6.45) is 4.37. The van der Waals surface area contributed by atoms with E-state index >= 15 is 0 Å². The van der Waals surface area contributed by atoms with E-state index in [1.165, 1.54) is 12.8 Å². The summed E-state index contributed by atoms with van der Waals surface area (Å²) in [5, 5.41) is 2.52. The summed E-state index contributed by atoms with van der Waals surface area (Å²) in [5.41, 5.74) is 1.22. The summed E-state index contributed by atoms with van der Waals surface area (Å²) >= 11 is 0. The van der Waals surface area contributed by atoms with E-state index in [1.807, 2.05) is 6.07 Å². The van der Waals surface area contributed by atoms with Gasteiger partial charge in [0.15, 0.2) is 5.58 Å². The van der Waals surface area contributed by atoms with Crippen molar-refractivity contribution in [1.29, 1.82) is 0 Å². The number of pyridine rings is 1. The average molecular weight is 403 g/mol. The second-order valence-electron chi connectivity index (χ2n) is 8.14. The van der Waals surface area contributed by atoms with Crippen LogP contribution >= 0.6 is 0 Å². The third-order valence-electron chi connectivity index (χ3n) is 4.59. The normalized spacial score (nSPS) is 14.9. The molecule has 0 aromatic carbocycles. The number of anilines is 1. The number of nitrogens with zero attached hydrogens (tertiary/aromatic N) is 2. The molecule has 1 saturated heterocycles. The zero-order valence-corrected chi connectivity index (χ0v) is 17.5. The van der Waals surface area contributed by atoms with Gasteiger partial charge in [0.1, 0.15) is 16.7 Å². The van der Waals surface area contributed by atoms with Crippen LogP contribution in [-0.4, -0.2) is 53.8 Å². The lowest BCUT2D eigenvalue weighted by Gasteiger charge is -2.19. The highest BCUT2D eigenvalue weighted by atomic mass is 16.6. The maximum Gasteiger partial charge on any atom is 0.414 e. The van der Waals surface area contributed by atoms with E-state index < -0.39 is 17.7 Å². The molecule has 8 nitrogen and oxygen atoms in total. The maximum atomic E-state index is 12.5. The number of nitrogens with one attached hydrogen (secondary N) is 1. The van der Waals surface area contributed by atoms with E-state index in [2.05, 4.69) is 15.2 Å². The molecule has 3 rings (SSSR count). The van der Waals surface area contributed by atoms with Crippen LogP contribution in [0.2, 0.25) is 0 Å². The fourth-order valence-electron chi connectivity index (χ4n) is 3.33. The molecule has 2 aromatic heterocycles. The lowest BCUT2D eigenvalue weighted by Crippen LogP contribution is -2.27. The Labute approximate surface area is 170 Å². The zero-order chi connectivity index (χ0) is 21.0. The summed E-state index contributed by atoms with van der Waals surface area (Å²) in [6.45, 7) is 10.4. The quantitative estimate of drug-likeness (QED) is 0.729. The molecule has 1 fully saturated rings. The number of furan rings is 1. The zero-order valence-electron chi connectivity index (χ0n) is 17.5. The van der Waals surface area contributed by atoms with Gasteiger partial charge in [0.05, 0.1) is 6.61 Å². The van der Waals surface area contributed by atoms with Crippen LogP contribution in [0.4, 0.5) is 10.7 Å². The molecule has 0 atom stereocenters. The van der Waals surface area contributed by atoms with Crippen LogP contribution in [0.15, 0.2) is 16.7 Å². The van der Waals surface area contributed by atoms with Gasteiger partial charge in [0.2, 0.25) is 5.88 Å². The predicted molar refractivity (Wildman–Crippen MR) is 109 cm³/mol. The summed E-state index contributed by atoms with van der Waals surface area (Å²) < 4.78 is 16.2. The standard InChI is InChI=1S/C21H29N3O5/c1-5-27-19(25)16-17-15(28-18(16)23-20(26)29-21(2,3)4)12-14(13-22-17)8-11-24-9-6-7-10-24/h12-13H,5-11H2,1-4H3,(H,23,26). The average Bonchev–Trinajstić information content (AvgIpc) is 3.25. The third kappa shape index (κ3) is 5.47. The predicted octanol–water partition coefficient (Wildman–Crippen LogP) is 3.99. The first kappa shape index (κ1) is 21.1. The van der Waals surface area contributed by atoms with E-state index in [1.54, 1.807) is 33.9 Å². The van der Waals surface area contributed by atoms with Crippen LogP contribution in [0.1, 0.15) is 56.5 Å². The molecule has 29 heavy (non-hydrogen) atoms. The molecule has 0 aliphatic carbocycles. The highest BCUT2D eigenvalue weighted by molar-refractivity contribution is 6.08. The molecule has 3 heterocycles. The molecule has 1 amide bonds. The molecule has 0 radical (unpaired) electrons. The lowest BCUT2D eigenvalue weighted by molar-refractivity contribution is 0.0529. The fraction of sp³-hybridized carbons (Fsp3) is 0.571. The summed E-state index contributed by atoms with van der Waals surface area (Å²) in [7, 11) is 0. The van der Waals surface area contributed by atoms with Crippen molar-refractivity contribution < 1.29 is 23.5 Å². The largest absolute Gasteiger partial charge is 0.462 e. The monoisotopic (exact) mass is 403 g/mol. The molecule has 1 aliphatic rings. The Kier molecular flexibility index (Phi) is 6.42. The number of esters is 1. The number of rotatable bonds is 6. The van der Waals surface area contributed by atoms with Gasteiger partial charge in [-0.1, -0.05) is 0 Å². The molecule has 158 valence electrons. The van der Waals surface area contributed by atoms with Gasteiger partial charge in [0.25, 0.3) is 0 Å². The SMILES string of the molecule is CCOC(=O)c1c(NC(=O)OC(C)(C)C)oc2cc(CCN3CCCC3)cnc12. The van der Waals surface area contributed by atoms with Crippen LogP contribution in [0, 0.1) is 0 Å². The van der Waals surface area contributed by atoms with Gasteiger partial charge in [-0.05, 0) is 71.7 Å². The van der Waals surface area contributed by atoms with Crippen LogP contribution in [0.3, 0.4) is 0 Å². The minimum Gasteiger partial charge on any atom is -0.462 e. The number of hydrogen-bond acceptors (Lipinski definition) is 7. The van der Waals surface area contributed by atoms with E-state index in [0.29, 0.717) is 11.1 Å². The molecular formula is C21H29N3O5. The Morgan fingerprint density at radius 2 is 2.00 bits per heavy atom. The third-order valence-corrected chi connectivity index (χ3v) is 4.59. The minimum absolute atomic E-state index is 0.0168. The van der Waals surface area contributed by atoms with E-state index in [0.717, 1.165) is 31.6 Å². The molecule has 0 unspecified atom stereocenters. The first-order chi connectivity index (χ1) is 13.8. The number of hydrogen-bond donors (Lipinski definition) is 1. The molecule has 1 N–H and O–H groups in total. The molecule has 1 aliphatic heterocycles. The first-order valence-electron chi connectivity index (χ1n) is 10.1. The molecule has 0 bridgehead atoms. The summed E-state index contributed by atoms with van der Waals surface area (Å²) in [4.78, 5) is 31.5. The number of fused-ring (bicyclic) bond motifs is 1. The Morgan fingerprint density at radius 3 is 2.66 bits per heavy atom. The van der Waals surface area contributed by atoms with Crippen molar-refractivity contribution in [3.8, 4) is 0 Å². The second kappa shape index (κ2) is 8.82. The number of amides is 1. The van der Waals surface area contributed by atoms with Crippen molar-refractivity contribution in [3.05, 3.63) is 23.4 Å². The van der Waals surface area contributed by atoms with Crippen molar-refractivity contribution in [1.82, 2.24) is 9.88 Å². The number of ether oxygens (including phenoxy) is 2. The van der Waals surface area contributed by atoms with Crippen LogP contribution in [-0.2, 0) is 15.9 Å². The van der Waals surface area contributed by atoms with Gasteiger partial charge < -0.3 is 18.8 Å². The van der Waals surface area contributed by atoms with E-state index in [-0.39, 0.29) is 18.1 Å². The summed E-state index contributed by atoms with van der Waals surface area (Å²) in [6, 6.07) is 1.86. The maximum absolute atomic E-state index is 12.5. The Balaban J connectivity index is 1.85. The molecular weight excluding hydrogens is 374 g/mol. The van der Waals surface area contributed by atoms with Crippen molar-refractivity contribution >= 4 is 29.0 Å². The summed E-state index contributed by atoms with van der Waals surface area (Å²) in [5.74, 6) is -0.619. The van der Waals surface area contributed by atoms with Crippen molar-refractivity contribution in [2.75, 3.05) is 31.6 Å². The van der Waals surface area contributed by atoms with Crippen molar-refractivity contribution in [2.24, 2.45) is 0 Å². The first-order valence-corrected chi connectivity index (χ1v) is 10.1. The minimum atomic E-state index is -0.712. The van der Waals surface area contributed by atoms with Gasteiger partial charge in [-0.2, -0.15) is 0 Å². The smallest absolute Gasteiger partial charge is 0.414 e. The number of carbonyl (C=O) groups is 2. The fourth-order valence-corrected chi connectivity index (χ4v) is 3.33. The topological polar surface area (TPSA) is 93.9 Å². The van der Waals surface area contributed by atoms with Crippen LogP contribution in [0.5, 0.6) is 0 Å². The van der Waals surface area contributed by atoms with Crippen LogP contribution in [0.25, 0.3) is 11.1 Å². The van der Waals surface area contributed by atoms with E-state index in [9.17, 15) is 9.59 Å². The number of aromatic nitrogens is 1. The van der Waals surface area contributed by atoms with Gasteiger partial charge in [-0.3, -0.25) is 10.3 Å². The number of carbonyl (C=O) groups excluding carboxylic acids is 2. The van der Waals surface area contributed by atoms with Crippen molar-refractivity contribution in [3.63, 3.8) is 0 Å². The second-order valence-corrected chi connectivity index (χ2v) is 8.14. The molecule has 2 aromatic rings. The highest BCUT2D eigenvalue weighted by Crippen LogP contribution is 2.30. The molecule has 8 heteroatoms. The van der Waals surface area contributed by atoms with Crippen molar-refractivity contribution in [2.45, 2.75) is 52.6 Å². The van der Waals surface area contributed by atoms with Gasteiger partial charge in [0, 0.05) is 12.7 Å². The van der Waals surface area contributed by atoms with Crippen LogP contribution < -0.4 is 5.32 Å². The highest BCUT2D eigenvalue weighted by Gasteiger charge is 2.27. The lowest BCUT2D eigenvalue weighted by atomic mass is 10.1.